The van der Waals surface area contributed by atoms with Gasteiger partial charge in [0.1, 0.15) is 11.9 Å². The average molecular weight is 353 g/mol. The lowest BCUT2D eigenvalue weighted by atomic mass is 9.70. The summed E-state index contributed by atoms with van der Waals surface area (Å²) in [5, 5.41) is 0. The van der Waals surface area contributed by atoms with Gasteiger partial charge < -0.3 is 9.15 Å². The zero-order valence-corrected chi connectivity index (χ0v) is 14.3. The van der Waals surface area contributed by atoms with Gasteiger partial charge in [-0.1, -0.05) is 20.8 Å². The molecule has 2 fully saturated rings. The molecule has 3 unspecified atom stereocenters. The molecular formula is C17H21BrO3. The van der Waals surface area contributed by atoms with Gasteiger partial charge >= 0.3 is 5.97 Å². The molecule has 3 rings (SSSR count). The van der Waals surface area contributed by atoms with Crippen molar-refractivity contribution in [3.05, 3.63) is 28.6 Å². The van der Waals surface area contributed by atoms with Gasteiger partial charge in [0.2, 0.25) is 0 Å². The van der Waals surface area contributed by atoms with Crippen LogP contribution in [0.1, 0.15) is 45.8 Å². The van der Waals surface area contributed by atoms with Crippen LogP contribution in [0.15, 0.2) is 27.3 Å². The Morgan fingerprint density at radius 1 is 1.43 bits per heavy atom. The van der Waals surface area contributed by atoms with Crippen LogP contribution in [0.25, 0.3) is 6.08 Å². The lowest BCUT2D eigenvalue weighted by molar-refractivity contribution is -0.150. The number of ether oxygens (including phenoxy) is 1. The second-order valence-electron chi connectivity index (χ2n) is 7.01. The van der Waals surface area contributed by atoms with E-state index in [0.717, 1.165) is 12.8 Å². The van der Waals surface area contributed by atoms with Gasteiger partial charge in [-0.3, -0.25) is 0 Å². The van der Waals surface area contributed by atoms with E-state index in [-0.39, 0.29) is 22.9 Å². The van der Waals surface area contributed by atoms with Gasteiger partial charge in [-0.2, -0.15) is 0 Å². The molecule has 1 aromatic heterocycles. The van der Waals surface area contributed by atoms with E-state index in [1.54, 1.807) is 18.2 Å². The molecular weight excluding hydrogens is 332 g/mol. The Labute approximate surface area is 133 Å². The largest absolute Gasteiger partial charge is 0.459 e. The molecule has 2 saturated carbocycles. The first-order valence-corrected chi connectivity index (χ1v) is 8.26. The maximum absolute atomic E-state index is 12.0. The standard InChI is InChI=1S/C17H21BrO3/c1-16(2)11-8-9-17(16,3)13(10-11)21-15(19)7-5-12-4-6-14(18)20-12/h4-7,11,13H,8-10H2,1-3H3/b7-5+. The molecule has 2 bridgehead atoms. The Bertz CT molecular complexity index is 587. The SMILES string of the molecule is CC1(C)C2CCC1(C)C(OC(=O)/C=C/c1ccc(Br)o1)C2. The highest BCUT2D eigenvalue weighted by atomic mass is 79.9. The van der Waals surface area contributed by atoms with Crippen molar-refractivity contribution in [3.8, 4) is 0 Å². The average Bonchev–Trinajstić information content (AvgIpc) is 2.98. The van der Waals surface area contributed by atoms with Crippen molar-refractivity contribution in [2.24, 2.45) is 16.7 Å². The fourth-order valence-corrected chi connectivity index (χ4v) is 4.38. The number of rotatable bonds is 3. The summed E-state index contributed by atoms with van der Waals surface area (Å²) in [5.74, 6) is 1.03. The van der Waals surface area contributed by atoms with Crippen molar-refractivity contribution in [2.45, 2.75) is 46.1 Å². The summed E-state index contributed by atoms with van der Waals surface area (Å²) in [5.41, 5.74) is 0.364. The first-order chi connectivity index (χ1) is 9.83. The fraction of sp³-hybridized carbons (Fsp3) is 0.588. The smallest absolute Gasteiger partial charge is 0.331 e. The van der Waals surface area contributed by atoms with Crippen LogP contribution in [0.5, 0.6) is 0 Å². The maximum atomic E-state index is 12.0. The van der Waals surface area contributed by atoms with E-state index in [2.05, 4.69) is 36.7 Å². The summed E-state index contributed by atoms with van der Waals surface area (Å²) >= 11 is 3.23. The highest BCUT2D eigenvalue weighted by molar-refractivity contribution is 9.10. The van der Waals surface area contributed by atoms with Crippen molar-refractivity contribution in [1.29, 1.82) is 0 Å². The lowest BCUT2D eigenvalue weighted by Crippen LogP contribution is -2.38. The number of hydrogen-bond acceptors (Lipinski definition) is 3. The summed E-state index contributed by atoms with van der Waals surface area (Å²) in [7, 11) is 0. The quantitative estimate of drug-likeness (QED) is 0.578. The molecule has 1 aromatic rings. The van der Waals surface area contributed by atoms with Gasteiger partial charge in [-0.05, 0) is 64.7 Å². The van der Waals surface area contributed by atoms with Crippen LogP contribution in [0.3, 0.4) is 0 Å². The molecule has 2 aliphatic rings. The summed E-state index contributed by atoms with van der Waals surface area (Å²) in [6.45, 7) is 6.90. The number of fused-ring (bicyclic) bond motifs is 2. The van der Waals surface area contributed by atoms with Crippen LogP contribution in [-0.2, 0) is 9.53 Å². The van der Waals surface area contributed by atoms with Crippen LogP contribution in [0.2, 0.25) is 0 Å². The van der Waals surface area contributed by atoms with E-state index in [0.29, 0.717) is 16.3 Å². The molecule has 3 nitrogen and oxygen atoms in total. The number of hydrogen-bond donors (Lipinski definition) is 0. The zero-order valence-electron chi connectivity index (χ0n) is 12.7. The van der Waals surface area contributed by atoms with Crippen molar-refractivity contribution >= 4 is 28.0 Å². The number of carbonyl (C=O) groups excluding carboxylic acids is 1. The van der Waals surface area contributed by atoms with E-state index in [1.807, 2.05) is 0 Å². The predicted octanol–water partition coefficient (Wildman–Crippen LogP) is 4.81. The first kappa shape index (κ1) is 14.9. The Kier molecular flexibility index (Phi) is 3.55. The van der Waals surface area contributed by atoms with E-state index < -0.39 is 0 Å². The van der Waals surface area contributed by atoms with Gasteiger partial charge in [-0.25, -0.2) is 4.79 Å². The molecule has 3 atom stereocenters. The fourth-order valence-electron chi connectivity index (χ4n) is 4.06. The predicted molar refractivity (Wildman–Crippen MR) is 84.6 cm³/mol. The highest BCUT2D eigenvalue weighted by Gasteiger charge is 2.62. The van der Waals surface area contributed by atoms with E-state index in [4.69, 9.17) is 9.15 Å². The molecule has 0 amide bonds. The normalized spacial score (nSPS) is 33.7. The zero-order chi connectivity index (χ0) is 15.3. The highest BCUT2D eigenvalue weighted by Crippen LogP contribution is 2.66. The van der Waals surface area contributed by atoms with Gasteiger partial charge in [-0.15, -0.1) is 0 Å². The van der Waals surface area contributed by atoms with Gasteiger partial charge in [0.25, 0.3) is 0 Å². The molecule has 0 saturated heterocycles. The molecule has 0 aliphatic heterocycles. The third kappa shape index (κ3) is 2.37. The summed E-state index contributed by atoms with van der Waals surface area (Å²) in [4.78, 5) is 12.0. The molecule has 114 valence electrons. The minimum absolute atomic E-state index is 0.0340. The molecule has 0 aromatic carbocycles. The Morgan fingerprint density at radius 3 is 2.71 bits per heavy atom. The van der Waals surface area contributed by atoms with Crippen molar-refractivity contribution < 1.29 is 13.9 Å². The molecule has 21 heavy (non-hydrogen) atoms. The molecule has 1 heterocycles. The minimum Gasteiger partial charge on any atom is -0.459 e. The Morgan fingerprint density at radius 2 is 2.19 bits per heavy atom. The molecule has 0 N–H and O–H groups in total. The lowest BCUT2D eigenvalue weighted by Gasteiger charge is -2.38. The second kappa shape index (κ2) is 5.01. The Hall–Kier alpha value is -1.03. The third-order valence-corrected chi connectivity index (χ3v) is 6.38. The van der Waals surface area contributed by atoms with E-state index >= 15 is 0 Å². The van der Waals surface area contributed by atoms with Crippen molar-refractivity contribution in [1.82, 2.24) is 0 Å². The summed E-state index contributed by atoms with van der Waals surface area (Å²) in [6, 6.07) is 3.60. The first-order valence-electron chi connectivity index (χ1n) is 7.47. The number of esters is 1. The van der Waals surface area contributed by atoms with E-state index in [9.17, 15) is 4.79 Å². The van der Waals surface area contributed by atoms with Gasteiger partial charge in [0.05, 0.1) is 0 Å². The molecule has 0 spiro atoms. The monoisotopic (exact) mass is 352 g/mol. The number of furan rings is 1. The topological polar surface area (TPSA) is 39.4 Å². The molecule has 0 radical (unpaired) electrons. The maximum Gasteiger partial charge on any atom is 0.331 e. The van der Waals surface area contributed by atoms with Crippen LogP contribution in [-0.4, -0.2) is 12.1 Å². The minimum atomic E-state index is -0.280. The van der Waals surface area contributed by atoms with Crippen molar-refractivity contribution in [2.75, 3.05) is 0 Å². The van der Waals surface area contributed by atoms with Crippen LogP contribution < -0.4 is 0 Å². The molecule has 4 heteroatoms. The number of halogens is 1. The van der Waals surface area contributed by atoms with Gasteiger partial charge in [0.15, 0.2) is 4.67 Å². The summed E-state index contributed by atoms with van der Waals surface area (Å²) < 4.78 is 11.7. The number of carbonyl (C=O) groups is 1. The molecule has 2 aliphatic carbocycles. The van der Waals surface area contributed by atoms with Gasteiger partial charge in [0, 0.05) is 11.5 Å². The van der Waals surface area contributed by atoms with Crippen molar-refractivity contribution in [3.63, 3.8) is 0 Å². The second-order valence-corrected chi connectivity index (χ2v) is 7.79. The summed E-state index contributed by atoms with van der Waals surface area (Å²) in [6.07, 6.45) is 6.54. The Balaban J connectivity index is 1.65. The third-order valence-electron chi connectivity index (χ3n) is 5.95. The van der Waals surface area contributed by atoms with Crippen LogP contribution in [0, 0.1) is 16.7 Å². The van der Waals surface area contributed by atoms with E-state index in [1.165, 1.54) is 12.5 Å². The van der Waals surface area contributed by atoms with Crippen LogP contribution >= 0.6 is 15.9 Å². The van der Waals surface area contributed by atoms with Crippen LogP contribution in [0.4, 0.5) is 0 Å².